The van der Waals surface area contributed by atoms with E-state index in [1.165, 1.54) is 6.92 Å². The van der Waals surface area contributed by atoms with Gasteiger partial charge in [0.05, 0.1) is 18.4 Å². The lowest BCUT2D eigenvalue weighted by molar-refractivity contribution is -0.194. The number of hydrogen-bond acceptors (Lipinski definition) is 6. The number of alkyl halides is 3. The Morgan fingerprint density at radius 3 is 2.28 bits per heavy atom. The van der Waals surface area contributed by atoms with E-state index < -0.39 is 48.6 Å². The molecule has 1 rings (SSSR count). The molecule has 1 saturated carbocycles. The molecule has 0 saturated heterocycles. The lowest BCUT2D eigenvalue weighted by atomic mass is 9.79. The van der Waals surface area contributed by atoms with Gasteiger partial charge in [-0.2, -0.15) is 13.2 Å². The van der Waals surface area contributed by atoms with Crippen molar-refractivity contribution >= 4 is 17.9 Å². The summed E-state index contributed by atoms with van der Waals surface area (Å²) in [6.45, 7) is 4.89. The molecule has 0 spiro atoms. The maximum Gasteiger partial charge on any atom is 0.422 e. The summed E-state index contributed by atoms with van der Waals surface area (Å²) in [5.74, 6) is -4.07. The second-order valence-electron chi connectivity index (χ2n) is 5.82. The molecule has 1 aliphatic rings. The third-order valence-corrected chi connectivity index (χ3v) is 3.70. The molecular formula is C16H21F3O6. The highest BCUT2D eigenvalue weighted by atomic mass is 19.4. The van der Waals surface area contributed by atoms with Crippen molar-refractivity contribution in [1.82, 2.24) is 0 Å². The van der Waals surface area contributed by atoms with Crippen molar-refractivity contribution in [2.45, 2.75) is 45.4 Å². The Morgan fingerprint density at radius 1 is 1.12 bits per heavy atom. The van der Waals surface area contributed by atoms with Gasteiger partial charge in [-0.05, 0) is 33.1 Å². The molecule has 0 N–H and O–H groups in total. The standard InChI is InChI=1S/C16H21F3O6/c1-4-23-14(21)10-5-6-11(15(22)24-8-16(17,18)19)12(7-10)25-13(20)9(2)3/h10-12H,2,4-8H2,1,3H3. The SMILES string of the molecule is C=C(C)C(=O)OC1CC(C(=O)OCC)CCC1C(=O)OCC(F)(F)F. The Kier molecular flexibility index (Phi) is 7.44. The van der Waals surface area contributed by atoms with Crippen LogP contribution in [-0.4, -0.2) is 43.4 Å². The maximum absolute atomic E-state index is 12.2. The number of halogens is 3. The smallest absolute Gasteiger partial charge is 0.422 e. The average Bonchev–Trinajstić information content (AvgIpc) is 2.52. The Labute approximate surface area is 143 Å². The van der Waals surface area contributed by atoms with Gasteiger partial charge in [0.1, 0.15) is 6.10 Å². The molecule has 9 heteroatoms. The molecular weight excluding hydrogens is 345 g/mol. The first-order valence-electron chi connectivity index (χ1n) is 7.81. The van der Waals surface area contributed by atoms with E-state index in [2.05, 4.69) is 11.3 Å². The molecule has 0 heterocycles. The summed E-state index contributed by atoms with van der Waals surface area (Å²) < 4.78 is 51.0. The van der Waals surface area contributed by atoms with Crippen molar-refractivity contribution in [2.24, 2.45) is 11.8 Å². The largest absolute Gasteiger partial charge is 0.466 e. The minimum absolute atomic E-state index is 0.0242. The van der Waals surface area contributed by atoms with E-state index in [1.54, 1.807) is 6.92 Å². The van der Waals surface area contributed by atoms with Gasteiger partial charge in [0.25, 0.3) is 0 Å². The third-order valence-electron chi connectivity index (χ3n) is 3.70. The number of ether oxygens (including phenoxy) is 3. The van der Waals surface area contributed by atoms with Gasteiger partial charge in [-0.1, -0.05) is 6.58 Å². The van der Waals surface area contributed by atoms with Gasteiger partial charge in [-0.15, -0.1) is 0 Å². The number of carbonyl (C=O) groups excluding carboxylic acids is 3. The predicted molar refractivity (Wildman–Crippen MR) is 79.2 cm³/mol. The van der Waals surface area contributed by atoms with Gasteiger partial charge in [0, 0.05) is 5.57 Å². The normalized spacial score (nSPS) is 23.5. The zero-order chi connectivity index (χ0) is 19.2. The second-order valence-corrected chi connectivity index (χ2v) is 5.82. The Hall–Kier alpha value is -2.06. The quantitative estimate of drug-likeness (QED) is 0.408. The number of carbonyl (C=O) groups is 3. The Bertz CT molecular complexity index is 528. The van der Waals surface area contributed by atoms with Crippen LogP contribution in [0.15, 0.2) is 12.2 Å². The van der Waals surface area contributed by atoms with Crippen molar-refractivity contribution in [3.05, 3.63) is 12.2 Å². The summed E-state index contributed by atoms with van der Waals surface area (Å²) >= 11 is 0. The summed E-state index contributed by atoms with van der Waals surface area (Å²) in [6.07, 6.45) is -5.47. The molecule has 0 aliphatic heterocycles. The van der Waals surface area contributed by atoms with Crippen molar-refractivity contribution in [1.29, 1.82) is 0 Å². The Balaban J connectivity index is 2.83. The molecule has 0 radical (unpaired) electrons. The highest BCUT2D eigenvalue weighted by molar-refractivity contribution is 5.87. The highest BCUT2D eigenvalue weighted by Crippen LogP contribution is 2.33. The van der Waals surface area contributed by atoms with Crippen molar-refractivity contribution in [2.75, 3.05) is 13.2 Å². The van der Waals surface area contributed by atoms with Gasteiger partial charge in [-0.25, -0.2) is 4.79 Å². The molecule has 0 aromatic carbocycles. The van der Waals surface area contributed by atoms with Crippen LogP contribution in [0.5, 0.6) is 0 Å². The zero-order valence-corrected chi connectivity index (χ0v) is 14.1. The van der Waals surface area contributed by atoms with Crippen LogP contribution >= 0.6 is 0 Å². The molecule has 0 bridgehead atoms. The third kappa shape index (κ3) is 6.75. The first kappa shape index (κ1) is 21.0. The van der Waals surface area contributed by atoms with Crippen molar-refractivity contribution < 1.29 is 41.8 Å². The van der Waals surface area contributed by atoms with Crippen LogP contribution < -0.4 is 0 Å². The van der Waals surface area contributed by atoms with E-state index in [9.17, 15) is 27.6 Å². The van der Waals surface area contributed by atoms with Gasteiger partial charge >= 0.3 is 24.1 Å². The maximum atomic E-state index is 12.2. The summed E-state index contributed by atoms with van der Waals surface area (Å²) in [7, 11) is 0. The van der Waals surface area contributed by atoms with E-state index in [0.29, 0.717) is 0 Å². The summed E-state index contributed by atoms with van der Waals surface area (Å²) in [5.41, 5.74) is 0.0701. The number of rotatable bonds is 6. The molecule has 0 aromatic rings. The number of esters is 3. The number of hydrogen-bond donors (Lipinski definition) is 0. The first-order chi connectivity index (χ1) is 11.5. The fourth-order valence-corrected chi connectivity index (χ4v) is 2.50. The second kappa shape index (κ2) is 8.87. The molecule has 1 aliphatic carbocycles. The van der Waals surface area contributed by atoms with Gasteiger partial charge in [-0.3, -0.25) is 9.59 Å². The van der Waals surface area contributed by atoms with Gasteiger partial charge < -0.3 is 14.2 Å². The van der Waals surface area contributed by atoms with Gasteiger partial charge in [0.2, 0.25) is 0 Å². The van der Waals surface area contributed by atoms with E-state index in [0.717, 1.165) is 0 Å². The van der Waals surface area contributed by atoms with Crippen LogP contribution in [0.1, 0.15) is 33.1 Å². The molecule has 3 atom stereocenters. The topological polar surface area (TPSA) is 78.9 Å². The average molecular weight is 366 g/mol. The van der Waals surface area contributed by atoms with Crippen LogP contribution in [0.4, 0.5) is 13.2 Å². The highest BCUT2D eigenvalue weighted by Gasteiger charge is 2.42. The van der Waals surface area contributed by atoms with E-state index in [1.807, 2.05) is 0 Å². The monoisotopic (exact) mass is 366 g/mol. The summed E-state index contributed by atoms with van der Waals surface area (Å²) in [5, 5.41) is 0. The lowest BCUT2D eigenvalue weighted by Gasteiger charge is -2.33. The molecule has 1 fully saturated rings. The van der Waals surface area contributed by atoms with Crippen molar-refractivity contribution in [3.63, 3.8) is 0 Å². The van der Waals surface area contributed by atoms with Crippen molar-refractivity contribution in [3.8, 4) is 0 Å². The molecule has 6 nitrogen and oxygen atoms in total. The lowest BCUT2D eigenvalue weighted by Crippen LogP contribution is -2.42. The van der Waals surface area contributed by atoms with Gasteiger partial charge in [0.15, 0.2) is 6.61 Å². The molecule has 0 aromatic heterocycles. The Morgan fingerprint density at radius 2 is 1.76 bits per heavy atom. The van der Waals surface area contributed by atoms with Crippen LogP contribution in [0.3, 0.4) is 0 Å². The molecule has 142 valence electrons. The van der Waals surface area contributed by atoms with Crippen LogP contribution in [-0.2, 0) is 28.6 Å². The van der Waals surface area contributed by atoms with Crippen LogP contribution in [0.2, 0.25) is 0 Å². The molecule has 25 heavy (non-hydrogen) atoms. The summed E-state index contributed by atoms with van der Waals surface area (Å²) in [4.78, 5) is 35.5. The first-order valence-corrected chi connectivity index (χ1v) is 7.81. The van der Waals surface area contributed by atoms with E-state index in [4.69, 9.17) is 9.47 Å². The minimum atomic E-state index is -4.65. The zero-order valence-electron chi connectivity index (χ0n) is 14.1. The van der Waals surface area contributed by atoms with E-state index in [-0.39, 0.29) is 31.4 Å². The minimum Gasteiger partial charge on any atom is -0.466 e. The summed E-state index contributed by atoms with van der Waals surface area (Å²) in [6, 6.07) is 0. The fraction of sp³-hybridized carbons (Fsp3) is 0.688. The van der Waals surface area contributed by atoms with Crippen LogP contribution in [0.25, 0.3) is 0 Å². The van der Waals surface area contributed by atoms with E-state index >= 15 is 0 Å². The fourth-order valence-electron chi connectivity index (χ4n) is 2.50. The molecule has 3 unspecified atom stereocenters. The van der Waals surface area contributed by atoms with Crippen LogP contribution in [0, 0.1) is 11.8 Å². The predicted octanol–water partition coefficient (Wildman–Crippen LogP) is 2.56. The molecule has 0 amide bonds.